The normalized spacial score (nSPS) is 16.5. The van der Waals surface area contributed by atoms with E-state index >= 15 is 0 Å². The average molecular weight is 397 g/mol. The van der Waals surface area contributed by atoms with Crippen LogP contribution in [-0.2, 0) is 10.0 Å². The van der Waals surface area contributed by atoms with Gasteiger partial charge in [0.15, 0.2) is 5.96 Å². The predicted molar refractivity (Wildman–Crippen MR) is 110 cm³/mol. The maximum atomic E-state index is 12.0. The number of aryl methyl sites for hydroxylation is 1. The molecule has 7 nitrogen and oxygen atoms in total. The molecule has 8 heteroatoms. The molecular weight excluding hydrogens is 364 g/mol. The number of rotatable bonds is 10. The molecule has 1 aromatic carbocycles. The largest absolute Gasteiger partial charge is 0.489 e. The molecule has 3 N–H and O–H groups in total. The summed E-state index contributed by atoms with van der Waals surface area (Å²) in [6, 6.07) is 7.88. The Morgan fingerprint density at radius 2 is 2.04 bits per heavy atom. The zero-order valence-electron chi connectivity index (χ0n) is 16.5. The van der Waals surface area contributed by atoms with Crippen LogP contribution in [0.3, 0.4) is 0 Å². The summed E-state index contributed by atoms with van der Waals surface area (Å²) in [4.78, 5) is 4.12. The molecule has 0 aliphatic heterocycles. The number of nitrogens with one attached hydrogen (secondary N) is 3. The highest BCUT2D eigenvalue weighted by atomic mass is 32.2. The minimum atomic E-state index is -3.25. The topological polar surface area (TPSA) is 91.8 Å². The number of hydrogen-bond donors (Lipinski definition) is 3. The highest BCUT2D eigenvalue weighted by molar-refractivity contribution is 7.89. The first-order valence-electron chi connectivity index (χ1n) is 9.54. The quantitative estimate of drug-likeness (QED) is 0.413. The zero-order chi connectivity index (χ0) is 19.7. The third kappa shape index (κ3) is 7.76. The second kappa shape index (κ2) is 10.5. The predicted octanol–water partition coefficient (Wildman–Crippen LogP) is 1.65. The van der Waals surface area contributed by atoms with E-state index in [-0.39, 0.29) is 11.9 Å². The van der Waals surface area contributed by atoms with E-state index in [1.165, 1.54) is 6.42 Å². The van der Waals surface area contributed by atoms with Crippen LogP contribution in [-0.4, -0.2) is 52.9 Å². The minimum absolute atomic E-state index is 0.0235. The SMILES string of the molecule is CN=C(NCCS(=O)(=O)NCC1CCC1)NCC(C)Oc1ccccc1C. The lowest BCUT2D eigenvalue weighted by atomic mass is 9.86. The van der Waals surface area contributed by atoms with Crippen molar-refractivity contribution in [1.82, 2.24) is 15.4 Å². The van der Waals surface area contributed by atoms with Crippen molar-refractivity contribution >= 4 is 16.0 Å². The van der Waals surface area contributed by atoms with E-state index < -0.39 is 10.0 Å². The number of hydrogen-bond acceptors (Lipinski definition) is 4. The number of aliphatic imine (C=N–C) groups is 1. The van der Waals surface area contributed by atoms with Crippen molar-refractivity contribution in [2.75, 3.05) is 32.4 Å². The van der Waals surface area contributed by atoms with Gasteiger partial charge in [0, 0.05) is 20.1 Å². The molecule has 2 rings (SSSR count). The Kier molecular flexibility index (Phi) is 8.37. The molecule has 1 saturated carbocycles. The van der Waals surface area contributed by atoms with Gasteiger partial charge < -0.3 is 15.4 Å². The first-order valence-corrected chi connectivity index (χ1v) is 11.2. The third-order valence-corrected chi connectivity index (χ3v) is 6.03. The van der Waals surface area contributed by atoms with Gasteiger partial charge in [-0.1, -0.05) is 24.6 Å². The fourth-order valence-corrected chi connectivity index (χ4v) is 3.73. The third-order valence-electron chi connectivity index (χ3n) is 4.68. The van der Waals surface area contributed by atoms with Crippen LogP contribution >= 0.6 is 0 Å². The second-order valence-electron chi connectivity index (χ2n) is 7.04. The molecule has 1 aliphatic rings. The van der Waals surface area contributed by atoms with Crippen molar-refractivity contribution in [3.63, 3.8) is 0 Å². The van der Waals surface area contributed by atoms with E-state index in [0.29, 0.717) is 31.5 Å². The van der Waals surface area contributed by atoms with Crippen LogP contribution in [0, 0.1) is 12.8 Å². The highest BCUT2D eigenvalue weighted by Gasteiger charge is 2.20. The summed E-state index contributed by atoms with van der Waals surface area (Å²) in [5, 5.41) is 6.20. The molecule has 1 aliphatic carbocycles. The van der Waals surface area contributed by atoms with Gasteiger partial charge in [-0.3, -0.25) is 4.99 Å². The van der Waals surface area contributed by atoms with Crippen LogP contribution in [0.1, 0.15) is 31.7 Å². The molecule has 0 spiro atoms. The lowest BCUT2D eigenvalue weighted by Gasteiger charge is -2.25. The van der Waals surface area contributed by atoms with Gasteiger partial charge in [-0.15, -0.1) is 0 Å². The van der Waals surface area contributed by atoms with Gasteiger partial charge in [0.1, 0.15) is 11.9 Å². The van der Waals surface area contributed by atoms with E-state index in [9.17, 15) is 8.42 Å². The summed E-state index contributed by atoms with van der Waals surface area (Å²) in [7, 11) is -1.60. The Labute approximate surface area is 163 Å². The fraction of sp³-hybridized carbons (Fsp3) is 0.632. The van der Waals surface area contributed by atoms with Gasteiger partial charge >= 0.3 is 0 Å². The summed E-state index contributed by atoms with van der Waals surface area (Å²) in [5.41, 5.74) is 1.09. The number of para-hydroxylation sites is 1. The number of nitrogens with zero attached hydrogens (tertiary/aromatic N) is 1. The van der Waals surface area contributed by atoms with Crippen molar-refractivity contribution in [2.45, 2.75) is 39.2 Å². The van der Waals surface area contributed by atoms with Crippen molar-refractivity contribution in [1.29, 1.82) is 0 Å². The zero-order valence-corrected chi connectivity index (χ0v) is 17.3. The fourth-order valence-electron chi connectivity index (χ4n) is 2.73. The van der Waals surface area contributed by atoms with Crippen LogP contribution in [0.5, 0.6) is 5.75 Å². The summed E-state index contributed by atoms with van der Waals surface area (Å²) >= 11 is 0. The van der Waals surface area contributed by atoms with E-state index in [4.69, 9.17) is 4.74 Å². The van der Waals surface area contributed by atoms with Crippen molar-refractivity contribution in [3.05, 3.63) is 29.8 Å². The lowest BCUT2D eigenvalue weighted by Crippen LogP contribution is -2.44. The van der Waals surface area contributed by atoms with Crippen LogP contribution in [0.4, 0.5) is 0 Å². The molecule has 27 heavy (non-hydrogen) atoms. The Morgan fingerprint density at radius 3 is 2.67 bits per heavy atom. The Bertz CT molecular complexity index is 717. The molecular formula is C19H32N4O3S. The number of sulfonamides is 1. The second-order valence-corrected chi connectivity index (χ2v) is 8.96. The maximum absolute atomic E-state index is 12.0. The number of ether oxygens (including phenoxy) is 1. The van der Waals surface area contributed by atoms with Crippen LogP contribution in [0.2, 0.25) is 0 Å². The van der Waals surface area contributed by atoms with E-state index in [1.807, 2.05) is 38.1 Å². The molecule has 0 aromatic heterocycles. The molecule has 0 radical (unpaired) electrons. The molecule has 1 aromatic rings. The lowest BCUT2D eigenvalue weighted by molar-refractivity contribution is 0.222. The monoisotopic (exact) mass is 396 g/mol. The average Bonchev–Trinajstić information content (AvgIpc) is 2.58. The Hall–Kier alpha value is -1.80. The molecule has 0 saturated heterocycles. The molecule has 1 unspecified atom stereocenters. The van der Waals surface area contributed by atoms with Crippen molar-refractivity contribution in [2.24, 2.45) is 10.9 Å². The maximum Gasteiger partial charge on any atom is 0.213 e. The molecule has 0 heterocycles. The first kappa shape index (κ1) is 21.5. The Morgan fingerprint density at radius 1 is 1.30 bits per heavy atom. The standard InChI is InChI=1S/C19H32N4O3S/c1-15-7-4-5-10-18(15)26-16(2)13-22-19(20-3)21-11-12-27(24,25)23-14-17-8-6-9-17/h4-5,7,10,16-17,23H,6,8-9,11-14H2,1-3H3,(H2,20,21,22). The Balaban J connectivity index is 1.66. The van der Waals surface area contributed by atoms with Crippen LogP contribution in [0.25, 0.3) is 0 Å². The van der Waals surface area contributed by atoms with Gasteiger partial charge in [0.05, 0.1) is 12.3 Å². The van der Waals surface area contributed by atoms with Gasteiger partial charge in [0.2, 0.25) is 10.0 Å². The molecule has 0 bridgehead atoms. The summed E-state index contributed by atoms with van der Waals surface area (Å²) < 4.78 is 32.6. The van der Waals surface area contributed by atoms with E-state index in [2.05, 4.69) is 20.3 Å². The molecule has 1 atom stereocenters. The smallest absolute Gasteiger partial charge is 0.213 e. The molecule has 0 amide bonds. The summed E-state index contributed by atoms with van der Waals surface area (Å²) in [5.74, 6) is 1.95. The van der Waals surface area contributed by atoms with Crippen molar-refractivity contribution < 1.29 is 13.2 Å². The number of benzene rings is 1. The van der Waals surface area contributed by atoms with E-state index in [1.54, 1.807) is 7.05 Å². The van der Waals surface area contributed by atoms with Gasteiger partial charge in [0.25, 0.3) is 0 Å². The van der Waals surface area contributed by atoms with Gasteiger partial charge in [-0.25, -0.2) is 13.1 Å². The van der Waals surface area contributed by atoms with E-state index in [0.717, 1.165) is 24.2 Å². The van der Waals surface area contributed by atoms with Gasteiger partial charge in [-0.05, 0) is 44.2 Å². The molecule has 152 valence electrons. The van der Waals surface area contributed by atoms with Crippen molar-refractivity contribution in [3.8, 4) is 5.75 Å². The highest BCUT2D eigenvalue weighted by Crippen LogP contribution is 2.25. The van der Waals surface area contributed by atoms with Gasteiger partial charge in [-0.2, -0.15) is 0 Å². The van der Waals surface area contributed by atoms with Crippen LogP contribution < -0.4 is 20.1 Å². The van der Waals surface area contributed by atoms with Crippen LogP contribution in [0.15, 0.2) is 29.3 Å². The molecule has 1 fully saturated rings. The minimum Gasteiger partial charge on any atom is -0.489 e. The first-order chi connectivity index (χ1) is 12.9. The summed E-state index contributed by atoms with van der Waals surface area (Å²) in [6.07, 6.45) is 3.40. The number of guanidine groups is 1. The summed E-state index contributed by atoms with van der Waals surface area (Å²) in [6.45, 7) is 5.40.